The monoisotopic (exact) mass is 420 g/mol. The lowest BCUT2D eigenvalue weighted by atomic mass is 9.94. The highest BCUT2D eigenvalue weighted by Crippen LogP contribution is 2.30. The third kappa shape index (κ3) is 4.21. The second-order valence-corrected chi connectivity index (χ2v) is 7.80. The summed E-state index contributed by atoms with van der Waals surface area (Å²) in [6, 6.07) is 17.2. The number of nitrogens with two attached hydrogens (primary N) is 1. The maximum atomic E-state index is 12.7. The molecular weight excluding hydrogens is 396 g/mol. The zero-order valence-electron chi connectivity index (χ0n) is 17.2. The lowest BCUT2D eigenvalue weighted by molar-refractivity contribution is -0.133. The molecule has 0 spiro atoms. The van der Waals surface area contributed by atoms with Gasteiger partial charge in [-0.3, -0.25) is 19.8 Å². The lowest BCUT2D eigenvalue weighted by Crippen LogP contribution is -2.50. The number of aromatic nitrogens is 1. The van der Waals surface area contributed by atoms with E-state index in [4.69, 9.17) is 15.7 Å². The van der Waals surface area contributed by atoms with Crippen molar-refractivity contribution in [1.29, 1.82) is 0 Å². The van der Waals surface area contributed by atoms with Gasteiger partial charge in [-0.1, -0.05) is 18.2 Å². The van der Waals surface area contributed by atoms with E-state index < -0.39 is 11.4 Å². The van der Waals surface area contributed by atoms with E-state index in [2.05, 4.69) is 4.98 Å². The Morgan fingerprint density at radius 3 is 2.74 bits per heavy atom. The number of carbonyl (C=O) groups is 2. The normalized spacial score (nSPS) is 18.4. The molecule has 0 unspecified atom stereocenters. The zero-order chi connectivity index (χ0) is 22.0. The number of nitrogens with one attached hydrogen (secondary N) is 1. The van der Waals surface area contributed by atoms with E-state index in [1.165, 1.54) is 5.48 Å². The lowest BCUT2D eigenvalue weighted by Gasteiger charge is -2.22. The molecule has 8 nitrogen and oxygen atoms in total. The molecule has 1 aliphatic rings. The Morgan fingerprint density at radius 1 is 1.26 bits per heavy atom. The van der Waals surface area contributed by atoms with Gasteiger partial charge in [-0.25, -0.2) is 5.48 Å². The van der Waals surface area contributed by atoms with Crippen LogP contribution in [0.3, 0.4) is 0 Å². The second kappa shape index (κ2) is 8.33. The summed E-state index contributed by atoms with van der Waals surface area (Å²) in [5.41, 5.74) is 9.93. The number of hydroxylamine groups is 1. The van der Waals surface area contributed by atoms with Crippen LogP contribution in [-0.2, 0) is 16.2 Å². The van der Waals surface area contributed by atoms with Gasteiger partial charge in [-0.2, -0.15) is 0 Å². The Hall–Kier alpha value is -3.49. The number of hydrogen-bond donors (Lipinski definition) is 3. The van der Waals surface area contributed by atoms with Crippen LogP contribution < -0.4 is 20.9 Å². The SMILES string of the molecule is Cc1cc(COc2ccc(N3CC[C@](N)(CC(=O)NO)C3=O)cc2)c2ccccc2n1. The highest BCUT2D eigenvalue weighted by Gasteiger charge is 2.45. The van der Waals surface area contributed by atoms with E-state index in [9.17, 15) is 9.59 Å². The largest absolute Gasteiger partial charge is 0.489 e. The molecule has 31 heavy (non-hydrogen) atoms. The van der Waals surface area contributed by atoms with Crippen LogP contribution in [-0.4, -0.2) is 34.1 Å². The van der Waals surface area contributed by atoms with Crippen molar-refractivity contribution in [1.82, 2.24) is 10.5 Å². The standard InChI is InChI=1S/C23H24N4O4/c1-15-12-16(19-4-2-3-5-20(19)25-15)14-31-18-8-6-17(7-9-18)27-11-10-23(24,22(27)29)13-21(28)26-30/h2-9,12,30H,10-11,13-14,24H2,1H3,(H,26,28)/t23-/m0/s1. The number of aryl methyl sites for hydroxylation is 1. The van der Waals surface area contributed by atoms with E-state index in [1.54, 1.807) is 29.2 Å². The zero-order valence-corrected chi connectivity index (χ0v) is 17.2. The van der Waals surface area contributed by atoms with Gasteiger partial charge >= 0.3 is 0 Å². The fourth-order valence-electron chi connectivity index (χ4n) is 3.92. The number of para-hydroxylation sites is 1. The predicted molar refractivity (Wildman–Crippen MR) is 116 cm³/mol. The molecule has 160 valence electrons. The summed E-state index contributed by atoms with van der Waals surface area (Å²) in [5.74, 6) is -0.351. The summed E-state index contributed by atoms with van der Waals surface area (Å²) < 4.78 is 5.97. The molecule has 2 amide bonds. The molecule has 8 heteroatoms. The van der Waals surface area contributed by atoms with Gasteiger partial charge < -0.3 is 15.4 Å². The van der Waals surface area contributed by atoms with Crippen LogP contribution in [0.2, 0.25) is 0 Å². The number of pyridine rings is 1. The Labute approximate surface area is 179 Å². The van der Waals surface area contributed by atoms with Crippen LogP contribution in [0.1, 0.15) is 24.1 Å². The molecule has 1 aromatic heterocycles. The van der Waals surface area contributed by atoms with Crippen LogP contribution in [0.15, 0.2) is 54.6 Å². The van der Waals surface area contributed by atoms with Gasteiger partial charge in [0.05, 0.1) is 11.9 Å². The topological polar surface area (TPSA) is 118 Å². The molecule has 1 saturated heterocycles. The Kier molecular flexibility index (Phi) is 5.58. The molecule has 2 aromatic carbocycles. The summed E-state index contributed by atoms with van der Waals surface area (Å²) in [7, 11) is 0. The van der Waals surface area contributed by atoms with Gasteiger partial charge in [0.25, 0.3) is 0 Å². The molecule has 1 aliphatic heterocycles. The van der Waals surface area contributed by atoms with Crippen molar-refractivity contribution < 1.29 is 19.5 Å². The Balaban J connectivity index is 1.45. The smallest absolute Gasteiger partial charge is 0.247 e. The minimum Gasteiger partial charge on any atom is -0.489 e. The number of anilines is 1. The fraction of sp³-hybridized carbons (Fsp3) is 0.261. The number of benzene rings is 2. The number of amides is 2. The number of fused-ring (bicyclic) bond motifs is 1. The van der Waals surface area contributed by atoms with Gasteiger partial charge in [-0.15, -0.1) is 0 Å². The average molecular weight is 420 g/mol. The van der Waals surface area contributed by atoms with Crippen molar-refractivity contribution >= 4 is 28.4 Å². The summed E-state index contributed by atoms with van der Waals surface area (Å²) in [4.78, 5) is 30.3. The van der Waals surface area contributed by atoms with Gasteiger partial charge in [-0.05, 0) is 49.7 Å². The minimum atomic E-state index is -1.32. The summed E-state index contributed by atoms with van der Waals surface area (Å²) in [6.45, 7) is 2.75. The second-order valence-electron chi connectivity index (χ2n) is 7.80. The summed E-state index contributed by atoms with van der Waals surface area (Å²) >= 11 is 0. The van der Waals surface area contributed by atoms with E-state index >= 15 is 0 Å². The number of hydrogen-bond acceptors (Lipinski definition) is 6. The molecule has 1 atom stereocenters. The predicted octanol–water partition coefficient (Wildman–Crippen LogP) is 2.45. The van der Waals surface area contributed by atoms with E-state index in [0.717, 1.165) is 22.2 Å². The van der Waals surface area contributed by atoms with Gasteiger partial charge in [0.2, 0.25) is 11.8 Å². The molecule has 0 bridgehead atoms. The van der Waals surface area contributed by atoms with Crippen LogP contribution in [0, 0.1) is 6.92 Å². The van der Waals surface area contributed by atoms with Crippen molar-refractivity contribution in [2.45, 2.75) is 31.9 Å². The van der Waals surface area contributed by atoms with Crippen molar-refractivity contribution in [3.05, 3.63) is 65.9 Å². The maximum Gasteiger partial charge on any atom is 0.247 e. The fourth-order valence-corrected chi connectivity index (χ4v) is 3.92. The third-order valence-electron chi connectivity index (χ3n) is 5.53. The molecule has 4 rings (SSSR count). The van der Waals surface area contributed by atoms with E-state index in [0.29, 0.717) is 31.0 Å². The number of carbonyl (C=O) groups excluding carboxylic acids is 2. The van der Waals surface area contributed by atoms with Gasteiger partial charge in [0.1, 0.15) is 17.9 Å². The quantitative estimate of drug-likeness (QED) is 0.416. The molecule has 3 aromatic rings. The Morgan fingerprint density at radius 2 is 2.00 bits per heavy atom. The van der Waals surface area contributed by atoms with Crippen molar-refractivity contribution in [3.8, 4) is 5.75 Å². The molecular formula is C23H24N4O4. The number of nitrogens with zero attached hydrogens (tertiary/aromatic N) is 2. The van der Waals surface area contributed by atoms with Gasteiger partial charge in [0, 0.05) is 28.9 Å². The molecule has 0 aliphatic carbocycles. The first-order valence-electron chi connectivity index (χ1n) is 10.0. The summed E-state index contributed by atoms with van der Waals surface area (Å²) in [6.07, 6.45) is 0.0608. The van der Waals surface area contributed by atoms with Gasteiger partial charge in [0.15, 0.2) is 0 Å². The highest BCUT2D eigenvalue weighted by atomic mass is 16.5. The summed E-state index contributed by atoms with van der Waals surface area (Å²) in [5, 5.41) is 9.77. The first kappa shape index (κ1) is 20.8. The molecule has 2 heterocycles. The third-order valence-corrected chi connectivity index (χ3v) is 5.53. The van der Waals surface area contributed by atoms with Crippen molar-refractivity contribution in [2.24, 2.45) is 5.73 Å². The van der Waals surface area contributed by atoms with E-state index in [-0.39, 0.29) is 12.3 Å². The first-order chi connectivity index (χ1) is 14.9. The highest BCUT2D eigenvalue weighted by molar-refractivity contribution is 6.04. The van der Waals surface area contributed by atoms with Crippen molar-refractivity contribution in [2.75, 3.05) is 11.4 Å². The Bertz CT molecular complexity index is 1130. The van der Waals surface area contributed by atoms with E-state index in [1.807, 2.05) is 37.3 Å². The molecule has 0 radical (unpaired) electrons. The van der Waals surface area contributed by atoms with Crippen LogP contribution in [0.5, 0.6) is 5.75 Å². The molecule has 0 saturated carbocycles. The van der Waals surface area contributed by atoms with Crippen molar-refractivity contribution in [3.63, 3.8) is 0 Å². The molecule has 1 fully saturated rings. The number of ether oxygens (including phenoxy) is 1. The van der Waals surface area contributed by atoms with Crippen LogP contribution >= 0.6 is 0 Å². The van der Waals surface area contributed by atoms with Crippen LogP contribution in [0.25, 0.3) is 10.9 Å². The minimum absolute atomic E-state index is 0.265. The maximum absolute atomic E-state index is 12.7. The van der Waals surface area contributed by atoms with Crippen LogP contribution in [0.4, 0.5) is 5.69 Å². The first-order valence-corrected chi connectivity index (χ1v) is 10.0. The number of rotatable bonds is 6. The molecule has 4 N–H and O–H groups in total. The average Bonchev–Trinajstić information content (AvgIpc) is 3.06.